The second-order valence-electron chi connectivity index (χ2n) is 6.77. The molecule has 22 heavy (non-hydrogen) atoms. The van der Waals surface area contributed by atoms with Gasteiger partial charge in [0.25, 0.3) is 11.8 Å². The number of amides is 2. The van der Waals surface area contributed by atoms with Crippen molar-refractivity contribution in [2.24, 2.45) is 5.92 Å². The van der Waals surface area contributed by atoms with Gasteiger partial charge in [0.2, 0.25) is 0 Å². The molecule has 0 N–H and O–H groups in total. The molecule has 1 aromatic carbocycles. The highest BCUT2D eigenvalue weighted by Crippen LogP contribution is 2.33. The van der Waals surface area contributed by atoms with Gasteiger partial charge in [0.1, 0.15) is 0 Å². The summed E-state index contributed by atoms with van der Waals surface area (Å²) in [6.07, 6.45) is 6.10. The molecule has 4 nitrogen and oxygen atoms in total. The molecule has 116 valence electrons. The van der Waals surface area contributed by atoms with Crippen molar-refractivity contribution in [3.05, 3.63) is 35.4 Å². The molecule has 3 aliphatic heterocycles. The lowest BCUT2D eigenvalue weighted by atomic mass is 9.83. The standard InChI is InChI=1S/C18H22N2O2/c21-17-14-7-1-2-8-15(14)18(22)20(17)12-13-6-5-11-19-10-4-3-9-16(13)19/h1-2,7-8,13,16H,3-6,9-12H2/t13-,16+/m0/s1. The summed E-state index contributed by atoms with van der Waals surface area (Å²) in [5, 5.41) is 0. The molecule has 2 atom stereocenters. The maximum Gasteiger partial charge on any atom is 0.261 e. The highest BCUT2D eigenvalue weighted by atomic mass is 16.2. The van der Waals surface area contributed by atoms with Crippen LogP contribution in [-0.2, 0) is 0 Å². The van der Waals surface area contributed by atoms with E-state index in [2.05, 4.69) is 4.90 Å². The number of nitrogens with zero attached hydrogens (tertiary/aromatic N) is 2. The quantitative estimate of drug-likeness (QED) is 0.788. The van der Waals surface area contributed by atoms with Gasteiger partial charge in [-0.2, -0.15) is 0 Å². The highest BCUT2D eigenvalue weighted by molar-refractivity contribution is 6.21. The Kier molecular flexibility index (Phi) is 3.49. The summed E-state index contributed by atoms with van der Waals surface area (Å²) in [5.74, 6) is 0.235. The van der Waals surface area contributed by atoms with E-state index in [4.69, 9.17) is 0 Å². The fourth-order valence-corrected chi connectivity index (χ4v) is 4.43. The minimum Gasteiger partial charge on any atom is -0.300 e. The Balaban J connectivity index is 1.54. The summed E-state index contributed by atoms with van der Waals surface area (Å²) in [5.41, 5.74) is 1.15. The van der Waals surface area contributed by atoms with Gasteiger partial charge in [0, 0.05) is 12.6 Å². The van der Waals surface area contributed by atoms with Gasteiger partial charge in [0.15, 0.2) is 0 Å². The lowest BCUT2D eigenvalue weighted by Gasteiger charge is -2.45. The van der Waals surface area contributed by atoms with Gasteiger partial charge < -0.3 is 4.90 Å². The summed E-state index contributed by atoms with van der Waals surface area (Å²) in [6.45, 7) is 2.96. The molecule has 2 amide bonds. The van der Waals surface area contributed by atoms with Crippen LogP contribution in [0.3, 0.4) is 0 Å². The van der Waals surface area contributed by atoms with E-state index in [1.54, 1.807) is 12.1 Å². The minimum atomic E-state index is -0.103. The van der Waals surface area contributed by atoms with Crippen molar-refractivity contribution in [3.8, 4) is 0 Å². The maximum absolute atomic E-state index is 12.5. The number of fused-ring (bicyclic) bond motifs is 2. The summed E-state index contributed by atoms with van der Waals surface area (Å²) >= 11 is 0. The zero-order chi connectivity index (χ0) is 15.1. The van der Waals surface area contributed by atoms with Crippen LogP contribution in [0.5, 0.6) is 0 Å². The number of carbonyl (C=O) groups excluding carboxylic acids is 2. The summed E-state index contributed by atoms with van der Waals surface area (Å²) in [6, 6.07) is 7.76. The molecule has 3 aliphatic rings. The van der Waals surface area contributed by atoms with Gasteiger partial charge >= 0.3 is 0 Å². The Morgan fingerprint density at radius 3 is 2.32 bits per heavy atom. The van der Waals surface area contributed by atoms with Crippen LogP contribution >= 0.6 is 0 Å². The first kappa shape index (κ1) is 13.9. The van der Waals surface area contributed by atoms with Crippen molar-refractivity contribution in [2.45, 2.75) is 38.1 Å². The van der Waals surface area contributed by atoms with Gasteiger partial charge in [-0.1, -0.05) is 18.6 Å². The lowest BCUT2D eigenvalue weighted by Crippen LogP contribution is -2.51. The molecule has 0 bridgehead atoms. The van der Waals surface area contributed by atoms with Crippen LogP contribution in [0.4, 0.5) is 0 Å². The molecule has 0 aliphatic carbocycles. The predicted octanol–water partition coefficient (Wildman–Crippen LogP) is 2.55. The van der Waals surface area contributed by atoms with Crippen LogP contribution in [0.1, 0.15) is 52.8 Å². The molecule has 2 fully saturated rings. The zero-order valence-electron chi connectivity index (χ0n) is 12.8. The van der Waals surface area contributed by atoms with E-state index >= 15 is 0 Å². The minimum absolute atomic E-state index is 0.103. The summed E-state index contributed by atoms with van der Waals surface area (Å²) in [4.78, 5) is 29.1. The molecule has 0 radical (unpaired) electrons. The molecule has 0 unspecified atom stereocenters. The van der Waals surface area contributed by atoms with Crippen molar-refractivity contribution in [1.29, 1.82) is 0 Å². The SMILES string of the molecule is O=C1c2ccccc2C(=O)N1C[C@@H]1CCCN2CCCC[C@H]12. The molecule has 0 saturated carbocycles. The molecule has 4 heteroatoms. The van der Waals surface area contributed by atoms with Crippen LogP contribution in [0.15, 0.2) is 24.3 Å². The third-order valence-corrected chi connectivity index (χ3v) is 5.52. The Morgan fingerprint density at radius 1 is 0.909 bits per heavy atom. The van der Waals surface area contributed by atoms with E-state index in [1.807, 2.05) is 12.1 Å². The summed E-state index contributed by atoms with van der Waals surface area (Å²) < 4.78 is 0. The second kappa shape index (κ2) is 5.51. The van der Waals surface area contributed by atoms with Crippen LogP contribution in [0, 0.1) is 5.92 Å². The van der Waals surface area contributed by atoms with E-state index in [0.29, 0.717) is 29.6 Å². The molecular formula is C18H22N2O2. The van der Waals surface area contributed by atoms with Gasteiger partial charge in [-0.15, -0.1) is 0 Å². The monoisotopic (exact) mass is 298 g/mol. The molecule has 0 aromatic heterocycles. The van der Waals surface area contributed by atoms with E-state index in [0.717, 1.165) is 6.42 Å². The van der Waals surface area contributed by atoms with Gasteiger partial charge in [-0.3, -0.25) is 14.5 Å². The van der Waals surface area contributed by atoms with Gasteiger partial charge in [0.05, 0.1) is 11.1 Å². The Hall–Kier alpha value is -1.68. The van der Waals surface area contributed by atoms with E-state index in [9.17, 15) is 9.59 Å². The van der Waals surface area contributed by atoms with Crippen molar-refractivity contribution in [2.75, 3.05) is 19.6 Å². The van der Waals surface area contributed by atoms with E-state index in [1.165, 1.54) is 43.7 Å². The zero-order valence-corrected chi connectivity index (χ0v) is 12.8. The smallest absolute Gasteiger partial charge is 0.261 e. The third kappa shape index (κ3) is 2.17. The maximum atomic E-state index is 12.5. The highest BCUT2D eigenvalue weighted by Gasteiger charge is 2.40. The Bertz CT molecular complexity index is 576. The molecule has 4 rings (SSSR count). The van der Waals surface area contributed by atoms with Gasteiger partial charge in [-0.05, 0) is 56.8 Å². The molecule has 3 heterocycles. The number of carbonyl (C=O) groups is 2. The first-order valence-electron chi connectivity index (χ1n) is 8.45. The van der Waals surface area contributed by atoms with E-state index < -0.39 is 0 Å². The average molecular weight is 298 g/mol. The van der Waals surface area contributed by atoms with Crippen molar-refractivity contribution in [3.63, 3.8) is 0 Å². The lowest BCUT2D eigenvalue weighted by molar-refractivity contribution is 0.0353. The molecule has 1 aromatic rings. The van der Waals surface area contributed by atoms with Crippen LogP contribution in [0.2, 0.25) is 0 Å². The fraction of sp³-hybridized carbons (Fsp3) is 0.556. The second-order valence-corrected chi connectivity index (χ2v) is 6.77. The Labute approximate surface area is 131 Å². The number of piperidine rings is 2. The number of rotatable bonds is 2. The van der Waals surface area contributed by atoms with Crippen molar-refractivity contribution in [1.82, 2.24) is 9.80 Å². The third-order valence-electron chi connectivity index (χ3n) is 5.52. The molecule has 0 spiro atoms. The van der Waals surface area contributed by atoms with Crippen molar-refractivity contribution >= 4 is 11.8 Å². The first-order valence-corrected chi connectivity index (χ1v) is 8.45. The number of hydrogen-bond acceptors (Lipinski definition) is 3. The van der Waals surface area contributed by atoms with Gasteiger partial charge in [-0.25, -0.2) is 0 Å². The van der Waals surface area contributed by atoms with Crippen molar-refractivity contribution < 1.29 is 9.59 Å². The van der Waals surface area contributed by atoms with Crippen LogP contribution in [0.25, 0.3) is 0 Å². The average Bonchev–Trinajstić information content (AvgIpc) is 2.81. The summed E-state index contributed by atoms with van der Waals surface area (Å²) in [7, 11) is 0. The number of imide groups is 1. The molecular weight excluding hydrogens is 276 g/mol. The predicted molar refractivity (Wildman–Crippen MR) is 83.7 cm³/mol. The largest absolute Gasteiger partial charge is 0.300 e. The van der Waals surface area contributed by atoms with Crippen LogP contribution < -0.4 is 0 Å². The Morgan fingerprint density at radius 2 is 1.59 bits per heavy atom. The number of hydrogen-bond donors (Lipinski definition) is 0. The fourth-order valence-electron chi connectivity index (χ4n) is 4.43. The normalized spacial score (nSPS) is 28.6. The number of benzene rings is 1. The topological polar surface area (TPSA) is 40.6 Å². The van der Waals surface area contributed by atoms with Crippen LogP contribution in [-0.4, -0.2) is 47.3 Å². The first-order chi connectivity index (χ1) is 10.8. The molecule has 2 saturated heterocycles. The van der Waals surface area contributed by atoms with E-state index in [-0.39, 0.29) is 11.8 Å².